The summed E-state index contributed by atoms with van der Waals surface area (Å²) in [5, 5.41) is 0. The van der Waals surface area contributed by atoms with Crippen LogP contribution in [0.4, 0.5) is 0 Å². The first-order valence-electron chi connectivity index (χ1n) is 1.90. The number of carbonyl (C=O) groups excluding carboxylic acids is 1. The predicted octanol–water partition coefficient (Wildman–Crippen LogP) is -0.496. The second-order valence-electron chi connectivity index (χ2n) is 1.43. The minimum Gasteiger partial charge on any atom is -0.274 e. The highest BCUT2D eigenvalue weighted by Crippen LogP contribution is 1.70. The van der Waals surface area contributed by atoms with Gasteiger partial charge in [0.2, 0.25) is 15.9 Å². The molecule has 0 spiro atoms. The van der Waals surface area contributed by atoms with Gasteiger partial charge in [-0.05, 0) is 0 Å². The highest BCUT2D eigenvalue weighted by atomic mass is 35.5. The quantitative estimate of drug-likeness (QED) is 0.582. The Kier molecular flexibility index (Phi) is 4.70. The number of hydrogen-bond acceptors (Lipinski definition) is 3. The Morgan fingerprint density at radius 3 is 1.78 bits per heavy atom. The normalized spacial score (nSPS) is 9.56. The lowest BCUT2D eigenvalue weighted by atomic mass is 10.8. The van der Waals surface area contributed by atoms with Gasteiger partial charge in [-0.15, -0.1) is 12.4 Å². The molecule has 0 bridgehead atoms. The van der Waals surface area contributed by atoms with Crippen molar-refractivity contribution >= 4 is 28.3 Å². The fourth-order valence-corrected chi connectivity index (χ4v) is 0.783. The average molecular weight is 174 g/mol. The molecule has 0 aromatic heterocycles. The van der Waals surface area contributed by atoms with E-state index >= 15 is 0 Å². The number of nitrogens with one attached hydrogen (secondary N) is 1. The fraction of sp³-hybridized carbons (Fsp3) is 0.667. The van der Waals surface area contributed by atoms with Gasteiger partial charge in [-0.1, -0.05) is 0 Å². The van der Waals surface area contributed by atoms with Crippen LogP contribution < -0.4 is 4.72 Å². The van der Waals surface area contributed by atoms with Gasteiger partial charge < -0.3 is 0 Å². The molecular weight excluding hydrogens is 166 g/mol. The summed E-state index contributed by atoms with van der Waals surface area (Å²) in [5.41, 5.74) is 0. The van der Waals surface area contributed by atoms with Crippen molar-refractivity contribution in [1.29, 1.82) is 0 Å². The zero-order chi connectivity index (χ0) is 6.78. The zero-order valence-electron chi connectivity index (χ0n) is 5.04. The van der Waals surface area contributed by atoms with Crippen LogP contribution in [-0.4, -0.2) is 20.6 Å². The average Bonchev–Trinajstić information content (AvgIpc) is 1.21. The van der Waals surface area contributed by atoms with Gasteiger partial charge >= 0.3 is 0 Å². The van der Waals surface area contributed by atoms with Crippen molar-refractivity contribution in [2.75, 3.05) is 6.26 Å². The number of rotatable bonds is 1. The third kappa shape index (κ3) is 11.3. The van der Waals surface area contributed by atoms with E-state index in [2.05, 4.69) is 0 Å². The van der Waals surface area contributed by atoms with Crippen molar-refractivity contribution in [2.24, 2.45) is 0 Å². The molecule has 0 aliphatic carbocycles. The smallest absolute Gasteiger partial charge is 0.231 e. The number of sulfonamides is 1. The summed E-state index contributed by atoms with van der Waals surface area (Å²) in [6.45, 7) is 1.14. The molecule has 0 rings (SSSR count). The monoisotopic (exact) mass is 173 g/mol. The summed E-state index contributed by atoms with van der Waals surface area (Å²) in [6.07, 6.45) is 0.925. The zero-order valence-corrected chi connectivity index (χ0v) is 6.67. The fourth-order valence-electron chi connectivity index (χ4n) is 0.261. The Morgan fingerprint density at radius 1 is 1.44 bits per heavy atom. The molecule has 0 atom stereocenters. The molecule has 0 aromatic carbocycles. The van der Waals surface area contributed by atoms with Crippen molar-refractivity contribution in [2.45, 2.75) is 6.92 Å². The van der Waals surface area contributed by atoms with E-state index in [-0.39, 0.29) is 12.4 Å². The third-order valence-corrected chi connectivity index (χ3v) is 0.987. The maximum absolute atomic E-state index is 10.1. The molecule has 9 heavy (non-hydrogen) atoms. The molecule has 0 aromatic rings. The topological polar surface area (TPSA) is 63.2 Å². The third-order valence-electron chi connectivity index (χ3n) is 0.329. The van der Waals surface area contributed by atoms with Crippen molar-refractivity contribution in [3.63, 3.8) is 0 Å². The van der Waals surface area contributed by atoms with Crippen molar-refractivity contribution in [3.05, 3.63) is 0 Å². The molecule has 0 heterocycles. The molecule has 0 unspecified atom stereocenters. The number of amides is 1. The van der Waals surface area contributed by atoms with Gasteiger partial charge in [0, 0.05) is 6.92 Å². The van der Waals surface area contributed by atoms with Gasteiger partial charge in [0.1, 0.15) is 0 Å². The van der Waals surface area contributed by atoms with Crippen LogP contribution >= 0.6 is 12.4 Å². The number of carbonyl (C=O) groups is 1. The van der Waals surface area contributed by atoms with E-state index < -0.39 is 15.9 Å². The van der Waals surface area contributed by atoms with Crippen LogP contribution in [0.5, 0.6) is 0 Å². The lowest BCUT2D eigenvalue weighted by Crippen LogP contribution is -2.26. The second-order valence-corrected chi connectivity index (χ2v) is 3.18. The maximum atomic E-state index is 10.1. The van der Waals surface area contributed by atoms with Gasteiger partial charge in [0.25, 0.3) is 0 Å². The van der Waals surface area contributed by atoms with Crippen molar-refractivity contribution in [1.82, 2.24) is 4.72 Å². The minimum atomic E-state index is -3.32. The highest BCUT2D eigenvalue weighted by Gasteiger charge is 1.99. The first kappa shape index (κ1) is 11.5. The van der Waals surface area contributed by atoms with E-state index in [4.69, 9.17) is 0 Å². The SMILES string of the molecule is CC(=O)NS(C)(=O)=O.Cl. The molecule has 1 amide bonds. The molecule has 56 valence electrons. The summed E-state index contributed by atoms with van der Waals surface area (Å²) in [4.78, 5) is 9.97. The van der Waals surface area contributed by atoms with Gasteiger partial charge in [0.15, 0.2) is 0 Å². The Morgan fingerprint density at radius 2 is 1.78 bits per heavy atom. The largest absolute Gasteiger partial charge is 0.274 e. The van der Waals surface area contributed by atoms with Crippen LogP contribution in [0.15, 0.2) is 0 Å². The van der Waals surface area contributed by atoms with Crippen LogP contribution in [0.2, 0.25) is 0 Å². The first-order valence-corrected chi connectivity index (χ1v) is 3.79. The Hall–Kier alpha value is -0.290. The van der Waals surface area contributed by atoms with Crippen LogP contribution in [-0.2, 0) is 14.8 Å². The van der Waals surface area contributed by atoms with Crippen LogP contribution in [0.3, 0.4) is 0 Å². The molecule has 0 aliphatic heterocycles. The lowest BCUT2D eigenvalue weighted by molar-refractivity contribution is -0.117. The summed E-state index contributed by atoms with van der Waals surface area (Å²) in [5.74, 6) is -0.562. The number of hydrogen-bond donors (Lipinski definition) is 1. The highest BCUT2D eigenvalue weighted by molar-refractivity contribution is 7.89. The molecule has 0 fully saturated rings. The molecule has 0 radical (unpaired) electrons. The molecule has 0 saturated heterocycles. The Labute approximate surface area is 60.1 Å². The van der Waals surface area contributed by atoms with Gasteiger partial charge in [-0.3, -0.25) is 9.52 Å². The van der Waals surface area contributed by atoms with Crippen LogP contribution in [0.25, 0.3) is 0 Å². The van der Waals surface area contributed by atoms with Crippen LogP contribution in [0, 0.1) is 0 Å². The van der Waals surface area contributed by atoms with Crippen molar-refractivity contribution in [3.8, 4) is 0 Å². The molecule has 6 heteroatoms. The molecule has 1 N–H and O–H groups in total. The Bertz CT molecular complexity index is 185. The maximum Gasteiger partial charge on any atom is 0.231 e. The van der Waals surface area contributed by atoms with E-state index in [1.165, 1.54) is 0 Å². The predicted molar refractivity (Wildman–Crippen MR) is 35.9 cm³/mol. The summed E-state index contributed by atoms with van der Waals surface area (Å²) < 4.78 is 21.9. The van der Waals surface area contributed by atoms with Crippen LogP contribution in [0.1, 0.15) is 6.92 Å². The molecule has 0 saturated carbocycles. The summed E-state index contributed by atoms with van der Waals surface area (Å²) in [7, 11) is -3.32. The summed E-state index contributed by atoms with van der Waals surface area (Å²) >= 11 is 0. The summed E-state index contributed by atoms with van der Waals surface area (Å²) in [6, 6.07) is 0. The van der Waals surface area contributed by atoms with Crippen molar-refractivity contribution < 1.29 is 13.2 Å². The molecule has 4 nitrogen and oxygen atoms in total. The first-order chi connectivity index (χ1) is 3.42. The number of halogens is 1. The van der Waals surface area contributed by atoms with Gasteiger partial charge in [0.05, 0.1) is 6.26 Å². The standard InChI is InChI=1S/C3H7NO3S.ClH/c1-3(5)4-8(2,6)7;/h1-2H3,(H,4,5);1H. The van der Waals surface area contributed by atoms with E-state index in [0.29, 0.717) is 0 Å². The Balaban J connectivity index is 0. The van der Waals surface area contributed by atoms with E-state index in [1.54, 1.807) is 4.72 Å². The van der Waals surface area contributed by atoms with Gasteiger partial charge in [-0.2, -0.15) is 0 Å². The van der Waals surface area contributed by atoms with Gasteiger partial charge in [-0.25, -0.2) is 8.42 Å². The minimum absolute atomic E-state index is 0. The van der Waals surface area contributed by atoms with E-state index in [1.807, 2.05) is 0 Å². The lowest BCUT2D eigenvalue weighted by Gasteiger charge is -1.93. The van der Waals surface area contributed by atoms with E-state index in [9.17, 15) is 13.2 Å². The molecular formula is C3H8ClNO3S. The second kappa shape index (κ2) is 3.68. The van der Waals surface area contributed by atoms with E-state index in [0.717, 1.165) is 13.2 Å². The molecule has 0 aliphatic rings.